The third kappa shape index (κ3) is 5.44. The molecule has 1 aliphatic heterocycles. The SMILES string of the molecule is CN=C(NCCc1ccccc1Cl)N1CCN(c2ncccn2)CC1.I. The molecule has 0 unspecified atom stereocenters. The quantitative estimate of drug-likeness (QED) is 0.409. The van der Waals surface area contributed by atoms with Gasteiger partial charge < -0.3 is 15.1 Å². The Hall–Kier alpha value is -1.61. The van der Waals surface area contributed by atoms with Crippen molar-refractivity contribution in [1.82, 2.24) is 20.2 Å². The largest absolute Gasteiger partial charge is 0.356 e. The minimum absolute atomic E-state index is 0. The first-order valence-electron chi connectivity index (χ1n) is 8.49. The predicted octanol–water partition coefficient (Wildman–Crippen LogP) is 2.69. The van der Waals surface area contributed by atoms with Gasteiger partial charge in [0.2, 0.25) is 5.95 Å². The summed E-state index contributed by atoms with van der Waals surface area (Å²) in [6.07, 6.45) is 4.43. The third-order valence-electron chi connectivity index (χ3n) is 4.26. The van der Waals surface area contributed by atoms with Gasteiger partial charge >= 0.3 is 0 Å². The Balaban J connectivity index is 0.00000243. The number of nitrogens with zero attached hydrogens (tertiary/aromatic N) is 5. The first-order chi connectivity index (χ1) is 12.3. The summed E-state index contributed by atoms with van der Waals surface area (Å²) >= 11 is 6.21. The Morgan fingerprint density at radius 2 is 1.81 bits per heavy atom. The fraction of sp³-hybridized carbons (Fsp3) is 0.389. The number of rotatable bonds is 4. The van der Waals surface area contributed by atoms with Crippen LogP contribution in [0.4, 0.5) is 5.95 Å². The molecule has 0 amide bonds. The molecule has 0 saturated carbocycles. The number of hydrogen-bond acceptors (Lipinski definition) is 4. The first kappa shape index (κ1) is 20.7. The summed E-state index contributed by atoms with van der Waals surface area (Å²) in [5, 5.41) is 4.25. The molecule has 1 aromatic carbocycles. The normalized spacial score (nSPS) is 14.8. The van der Waals surface area contributed by atoms with Gasteiger partial charge in [0.25, 0.3) is 0 Å². The maximum absolute atomic E-state index is 6.21. The zero-order chi connectivity index (χ0) is 17.5. The van der Waals surface area contributed by atoms with Gasteiger partial charge in [-0.05, 0) is 24.1 Å². The van der Waals surface area contributed by atoms with E-state index in [0.717, 1.165) is 61.6 Å². The van der Waals surface area contributed by atoms with Crippen molar-refractivity contribution in [1.29, 1.82) is 0 Å². The van der Waals surface area contributed by atoms with E-state index in [1.165, 1.54) is 0 Å². The van der Waals surface area contributed by atoms with Crippen LogP contribution in [0.5, 0.6) is 0 Å². The zero-order valence-corrected chi connectivity index (χ0v) is 17.9. The molecule has 1 fully saturated rings. The smallest absolute Gasteiger partial charge is 0.225 e. The molecule has 2 aromatic rings. The topological polar surface area (TPSA) is 56.7 Å². The monoisotopic (exact) mass is 486 g/mol. The third-order valence-corrected chi connectivity index (χ3v) is 4.63. The van der Waals surface area contributed by atoms with Gasteiger partial charge in [0, 0.05) is 57.2 Å². The van der Waals surface area contributed by atoms with E-state index in [1.807, 2.05) is 31.3 Å². The van der Waals surface area contributed by atoms with Gasteiger partial charge in [0.1, 0.15) is 0 Å². The van der Waals surface area contributed by atoms with Gasteiger partial charge in [-0.3, -0.25) is 4.99 Å². The number of halogens is 2. The van der Waals surface area contributed by atoms with Crippen LogP contribution in [-0.4, -0.2) is 60.6 Å². The van der Waals surface area contributed by atoms with Crippen LogP contribution < -0.4 is 10.2 Å². The molecule has 8 heteroatoms. The number of nitrogens with one attached hydrogen (secondary N) is 1. The predicted molar refractivity (Wildman–Crippen MR) is 118 cm³/mol. The number of guanidine groups is 1. The van der Waals surface area contributed by atoms with Crippen LogP contribution in [0.1, 0.15) is 5.56 Å². The minimum atomic E-state index is 0. The van der Waals surface area contributed by atoms with Crippen LogP contribution in [0.15, 0.2) is 47.7 Å². The lowest BCUT2D eigenvalue weighted by atomic mass is 10.1. The summed E-state index contributed by atoms with van der Waals surface area (Å²) in [5.74, 6) is 1.73. The number of aromatic nitrogens is 2. The number of aliphatic imine (C=N–C) groups is 1. The Bertz CT molecular complexity index is 704. The second kappa shape index (κ2) is 10.5. The van der Waals surface area contributed by atoms with Crippen LogP contribution >= 0.6 is 35.6 Å². The van der Waals surface area contributed by atoms with Gasteiger partial charge in [-0.1, -0.05) is 29.8 Å². The molecular formula is C18H24ClIN6. The van der Waals surface area contributed by atoms with E-state index < -0.39 is 0 Å². The number of anilines is 1. The Morgan fingerprint density at radius 1 is 1.12 bits per heavy atom. The highest BCUT2D eigenvalue weighted by atomic mass is 127. The molecule has 1 N–H and O–H groups in total. The standard InChI is InChI=1S/C18H23ClN6.HI/c1-20-17(23-10-7-15-5-2-3-6-16(15)19)24-11-13-25(14-12-24)18-21-8-4-9-22-18;/h2-6,8-9H,7,10-14H2,1H3,(H,20,23);1H. The van der Waals surface area contributed by atoms with Gasteiger partial charge in [-0.2, -0.15) is 0 Å². The van der Waals surface area contributed by atoms with Crippen LogP contribution in [0, 0.1) is 0 Å². The van der Waals surface area contributed by atoms with Gasteiger partial charge in [0.15, 0.2) is 5.96 Å². The Morgan fingerprint density at radius 3 is 2.46 bits per heavy atom. The average molecular weight is 487 g/mol. The molecule has 0 bridgehead atoms. The first-order valence-corrected chi connectivity index (χ1v) is 8.86. The molecular weight excluding hydrogens is 463 g/mol. The van der Waals surface area contributed by atoms with E-state index in [4.69, 9.17) is 11.6 Å². The number of hydrogen-bond donors (Lipinski definition) is 1. The average Bonchev–Trinajstić information content (AvgIpc) is 2.67. The summed E-state index contributed by atoms with van der Waals surface area (Å²) in [7, 11) is 1.82. The van der Waals surface area contributed by atoms with E-state index in [2.05, 4.69) is 36.1 Å². The van der Waals surface area contributed by atoms with Gasteiger partial charge in [-0.15, -0.1) is 24.0 Å². The van der Waals surface area contributed by atoms with Gasteiger partial charge in [-0.25, -0.2) is 9.97 Å². The maximum Gasteiger partial charge on any atom is 0.225 e. The highest BCUT2D eigenvalue weighted by Crippen LogP contribution is 2.15. The summed E-state index contributed by atoms with van der Waals surface area (Å²) in [5.41, 5.74) is 1.15. The Kier molecular flexibility index (Phi) is 8.37. The molecule has 0 aliphatic carbocycles. The molecule has 0 spiro atoms. The van der Waals surface area contributed by atoms with E-state index in [1.54, 1.807) is 12.4 Å². The molecule has 2 heterocycles. The van der Waals surface area contributed by atoms with Crippen LogP contribution in [0.2, 0.25) is 5.02 Å². The lowest BCUT2D eigenvalue weighted by Gasteiger charge is -2.36. The van der Waals surface area contributed by atoms with Crippen molar-refractivity contribution in [2.24, 2.45) is 4.99 Å². The Labute approximate surface area is 176 Å². The number of benzene rings is 1. The van der Waals surface area contributed by atoms with E-state index in [-0.39, 0.29) is 24.0 Å². The lowest BCUT2D eigenvalue weighted by Crippen LogP contribution is -2.53. The van der Waals surface area contributed by atoms with E-state index >= 15 is 0 Å². The van der Waals surface area contributed by atoms with E-state index in [9.17, 15) is 0 Å². The molecule has 140 valence electrons. The summed E-state index contributed by atoms with van der Waals surface area (Å²) in [4.78, 5) is 17.5. The van der Waals surface area contributed by atoms with Crippen molar-refractivity contribution in [3.8, 4) is 0 Å². The van der Waals surface area contributed by atoms with Crippen molar-refractivity contribution in [3.63, 3.8) is 0 Å². The minimum Gasteiger partial charge on any atom is -0.356 e. The van der Waals surface area contributed by atoms with Crippen LogP contribution in [0.3, 0.4) is 0 Å². The second-order valence-electron chi connectivity index (χ2n) is 5.84. The zero-order valence-electron chi connectivity index (χ0n) is 14.8. The highest BCUT2D eigenvalue weighted by molar-refractivity contribution is 14.0. The number of piperazine rings is 1. The van der Waals surface area contributed by atoms with Crippen molar-refractivity contribution in [2.45, 2.75) is 6.42 Å². The molecule has 1 aromatic heterocycles. The maximum atomic E-state index is 6.21. The van der Waals surface area contributed by atoms with E-state index in [0.29, 0.717) is 0 Å². The van der Waals surface area contributed by atoms with Gasteiger partial charge in [0.05, 0.1) is 0 Å². The highest BCUT2D eigenvalue weighted by Gasteiger charge is 2.20. The molecule has 3 rings (SSSR count). The van der Waals surface area contributed by atoms with Crippen LogP contribution in [0.25, 0.3) is 0 Å². The summed E-state index contributed by atoms with van der Waals surface area (Å²) < 4.78 is 0. The van der Waals surface area contributed by atoms with Crippen molar-refractivity contribution in [3.05, 3.63) is 53.3 Å². The van der Waals surface area contributed by atoms with Crippen molar-refractivity contribution in [2.75, 3.05) is 44.7 Å². The van der Waals surface area contributed by atoms with Crippen molar-refractivity contribution < 1.29 is 0 Å². The fourth-order valence-corrected chi connectivity index (χ4v) is 3.15. The molecule has 1 aliphatic rings. The molecule has 0 radical (unpaired) electrons. The molecule has 26 heavy (non-hydrogen) atoms. The molecule has 0 atom stereocenters. The van der Waals surface area contributed by atoms with Crippen LogP contribution in [-0.2, 0) is 6.42 Å². The fourth-order valence-electron chi connectivity index (χ4n) is 2.92. The molecule has 1 saturated heterocycles. The lowest BCUT2D eigenvalue weighted by molar-refractivity contribution is 0.370. The summed E-state index contributed by atoms with van der Waals surface area (Å²) in [6.45, 7) is 4.36. The van der Waals surface area contributed by atoms with Crippen molar-refractivity contribution >= 4 is 47.5 Å². The summed E-state index contributed by atoms with van der Waals surface area (Å²) in [6, 6.07) is 9.79. The molecule has 6 nitrogen and oxygen atoms in total. The second-order valence-corrected chi connectivity index (χ2v) is 6.25.